The number of hydrogen-bond acceptors (Lipinski definition) is 4. The summed E-state index contributed by atoms with van der Waals surface area (Å²) in [5, 5.41) is 8.50. The van der Waals surface area contributed by atoms with Crippen LogP contribution < -0.4 is 20.7 Å². The highest BCUT2D eigenvalue weighted by Gasteiger charge is 2.10. The molecule has 7 heteroatoms. The smallest absolute Gasteiger partial charge is 0.257 e. The average molecular weight is 385 g/mol. The predicted molar refractivity (Wildman–Crippen MR) is 111 cm³/mol. The van der Waals surface area contributed by atoms with E-state index in [2.05, 4.69) is 16.0 Å². The number of thiocarbonyl (C=S) groups is 1. The molecule has 0 radical (unpaired) electrons. The molecule has 2 amide bonds. The van der Waals surface area contributed by atoms with Crippen LogP contribution >= 0.6 is 12.2 Å². The minimum absolute atomic E-state index is 0.0189. The molecule has 0 aromatic heterocycles. The predicted octanol–water partition coefficient (Wildman–Crippen LogP) is 3.87. The van der Waals surface area contributed by atoms with E-state index in [-0.39, 0.29) is 23.0 Å². The number of ether oxygens (including phenoxy) is 1. The molecular formula is C20H23N3O3S. The van der Waals surface area contributed by atoms with E-state index in [4.69, 9.17) is 17.0 Å². The van der Waals surface area contributed by atoms with Crippen molar-refractivity contribution in [3.8, 4) is 5.75 Å². The van der Waals surface area contributed by atoms with Crippen molar-refractivity contribution in [3.63, 3.8) is 0 Å². The summed E-state index contributed by atoms with van der Waals surface area (Å²) in [7, 11) is 0. The molecular weight excluding hydrogens is 362 g/mol. The molecule has 0 bridgehead atoms. The van der Waals surface area contributed by atoms with E-state index in [1.165, 1.54) is 6.92 Å². The maximum absolute atomic E-state index is 12.4. The van der Waals surface area contributed by atoms with Crippen LogP contribution in [0.25, 0.3) is 0 Å². The van der Waals surface area contributed by atoms with Crippen molar-refractivity contribution in [3.05, 3.63) is 53.6 Å². The van der Waals surface area contributed by atoms with Crippen molar-refractivity contribution in [2.45, 2.75) is 33.8 Å². The summed E-state index contributed by atoms with van der Waals surface area (Å²) >= 11 is 5.22. The Balaban J connectivity index is 2.03. The first kappa shape index (κ1) is 20.4. The highest BCUT2D eigenvalue weighted by atomic mass is 32.1. The Labute approximate surface area is 164 Å². The summed E-state index contributed by atoms with van der Waals surface area (Å²) in [4.78, 5) is 23.7. The second-order valence-electron chi connectivity index (χ2n) is 6.31. The van der Waals surface area contributed by atoms with Gasteiger partial charge in [0.15, 0.2) is 5.11 Å². The normalized spacial score (nSPS) is 10.3. The molecule has 0 saturated heterocycles. The standard InChI is InChI=1S/C20H23N3O3S/c1-12(2)26-17-7-5-6-15(10-17)19(25)23-20(27)22-16-9-8-13(3)18(11-16)21-14(4)24/h5-12H,1-4H3,(H,21,24)(H2,22,23,25,27). The molecule has 0 atom stereocenters. The van der Waals surface area contributed by atoms with E-state index in [1.807, 2.05) is 32.9 Å². The third-order valence-electron chi connectivity index (χ3n) is 3.50. The Morgan fingerprint density at radius 2 is 1.81 bits per heavy atom. The average Bonchev–Trinajstić information content (AvgIpc) is 2.57. The Morgan fingerprint density at radius 3 is 2.48 bits per heavy atom. The largest absolute Gasteiger partial charge is 0.491 e. The van der Waals surface area contributed by atoms with Crippen molar-refractivity contribution >= 4 is 40.5 Å². The zero-order valence-electron chi connectivity index (χ0n) is 15.8. The van der Waals surface area contributed by atoms with Crippen LogP contribution in [0.3, 0.4) is 0 Å². The van der Waals surface area contributed by atoms with Gasteiger partial charge in [0.05, 0.1) is 6.10 Å². The van der Waals surface area contributed by atoms with Crippen LogP contribution in [0.1, 0.15) is 36.7 Å². The van der Waals surface area contributed by atoms with Crippen molar-refractivity contribution in [2.75, 3.05) is 10.6 Å². The third kappa shape index (κ3) is 6.38. The summed E-state index contributed by atoms with van der Waals surface area (Å²) in [5.74, 6) is 0.126. The first-order valence-electron chi connectivity index (χ1n) is 8.52. The summed E-state index contributed by atoms with van der Waals surface area (Å²) in [6.45, 7) is 7.17. The molecule has 2 rings (SSSR count). The molecule has 27 heavy (non-hydrogen) atoms. The lowest BCUT2D eigenvalue weighted by molar-refractivity contribution is -0.114. The zero-order valence-corrected chi connectivity index (χ0v) is 16.6. The number of nitrogens with one attached hydrogen (secondary N) is 3. The molecule has 0 heterocycles. The molecule has 0 aliphatic carbocycles. The van der Waals surface area contributed by atoms with E-state index in [9.17, 15) is 9.59 Å². The van der Waals surface area contributed by atoms with Gasteiger partial charge in [0.1, 0.15) is 5.75 Å². The first-order chi connectivity index (χ1) is 12.7. The minimum Gasteiger partial charge on any atom is -0.491 e. The number of carbonyl (C=O) groups is 2. The van der Waals surface area contributed by atoms with E-state index >= 15 is 0 Å². The van der Waals surface area contributed by atoms with Crippen LogP contribution in [0.2, 0.25) is 0 Å². The SMILES string of the molecule is CC(=O)Nc1cc(NC(=S)NC(=O)c2cccc(OC(C)C)c2)ccc1C. The van der Waals surface area contributed by atoms with Gasteiger partial charge in [-0.1, -0.05) is 12.1 Å². The molecule has 142 valence electrons. The van der Waals surface area contributed by atoms with Gasteiger partial charge < -0.3 is 15.4 Å². The summed E-state index contributed by atoms with van der Waals surface area (Å²) in [6, 6.07) is 12.3. The van der Waals surface area contributed by atoms with Gasteiger partial charge in [-0.05, 0) is 68.9 Å². The highest BCUT2D eigenvalue weighted by Crippen LogP contribution is 2.20. The quantitative estimate of drug-likeness (QED) is 0.681. The minimum atomic E-state index is -0.337. The van der Waals surface area contributed by atoms with Crippen LogP contribution in [-0.4, -0.2) is 23.0 Å². The van der Waals surface area contributed by atoms with E-state index in [1.54, 1.807) is 30.3 Å². The van der Waals surface area contributed by atoms with Crippen molar-refractivity contribution in [1.82, 2.24) is 5.32 Å². The van der Waals surface area contributed by atoms with Gasteiger partial charge in [0.2, 0.25) is 5.91 Å². The lowest BCUT2D eigenvalue weighted by atomic mass is 10.2. The van der Waals surface area contributed by atoms with Gasteiger partial charge in [0.25, 0.3) is 5.91 Å². The van der Waals surface area contributed by atoms with E-state index in [0.717, 1.165) is 5.56 Å². The van der Waals surface area contributed by atoms with Crippen LogP contribution in [0.15, 0.2) is 42.5 Å². The summed E-state index contributed by atoms with van der Waals surface area (Å²) in [6.07, 6.45) is 0.0189. The monoisotopic (exact) mass is 385 g/mol. The summed E-state index contributed by atoms with van der Waals surface area (Å²) < 4.78 is 5.60. The maximum Gasteiger partial charge on any atom is 0.257 e. The zero-order chi connectivity index (χ0) is 20.0. The van der Waals surface area contributed by atoms with Crippen molar-refractivity contribution in [2.24, 2.45) is 0 Å². The Morgan fingerprint density at radius 1 is 1.07 bits per heavy atom. The van der Waals surface area contributed by atoms with Gasteiger partial charge >= 0.3 is 0 Å². The molecule has 0 unspecified atom stereocenters. The highest BCUT2D eigenvalue weighted by molar-refractivity contribution is 7.80. The van der Waals surface area contributed by atoms with E-state index in [0.29, 0.717) is 22.7 Å². The number of benzene rings is 2. The second kappa shape index (κ2) is 9.14. The number of anilines is 2. The topological polar surface area (TPSA) is 79.5 Å². The van der Waals surface area contributed by atoms with Gasteiger partial charge in [-0.15, -0.1) is 0 Å². The molecule has 0 fully saturated rings. The lowest BCUT2D eigenvalue weighted by Crippen LogP contribution is -2.34. The van der Waals surface area contributed by atoms with Crippen LogP contribution in [0.4, 0.5) is 11.4 Å². The van der Waals surface area contributed by atoms with Crippen molar-refractivity contribution < 1.29 is 14.3 Å². The molecule has 0 saturated carbocycles. The molecule has 3 N–H and O–H groups in total. The van der Waals surface area contributed by atoms with Gasteiger partial charge in [0, 0.05) is 23.9 Å². The number of rotatable bonds is 5. The first-order valence-corrected chi connectivity index (χ1v) is 8.92. The molecule has 2 aromatic rings. The molecule has 2 aromatic carbocycles. The number of hydrogen-bond donors (Lipinski definition) is 3. The molecule has 0 aliphatic heterocycles. The maximum atomic E-state index is 12.4. The van der Waals surface area contributed by atoms with Crippen LogP contribution in [0, 0.1) is 6.92 Å². The Hall–Kier alpha value is -2.93. The molecule has 0 aliphatic rings. The fraction of sp³-hybridized carbons (Fsp3) is 0.250. The number of carbonyl (C=O) groups excluding carboxylic acids is 2. The lowest BCUT2D eigenvalue weighted by Gasteiger charge is -2.13. The van der Waals surface area contributed by atoms with Crippen LogP contribution in [0.5, 0.6) is 5.75 Å². The molecule has 6 nitrogen and oxygen atoms in total. The molecule has 0 spiro atoms. The third-order valence-corrected chi connectivity index (χ3v) is 3.71. The fourth-order valence-electron chi connectivity index (χ4n) is 2.34. The second-order valence-corrected chi connectivity index (χ2v) is 6.72. The number of amides is 2. The Kier molecular flexibility index (Phi) is 6.90. The fourth-order valence-corrected chi connectivity index (χ4v) is 2.56. The van der Waals surface area contributed by atoms with Gasteiger partial charge in [-0.3, -0.25) is 14.9 Å². The Bertz CT molecular complexity index is 865. The number of aryl methyl sites for hydroxylation is 1. The van der Waals surface area contributed by atoms with Gasteiger partial charge in [-0.25, -0.2) is 0 Å². The van der Waals surface area contributed by atoms with Gasteiger partial charge in [-0.2, -0.15) is 0 Å². The summed E-state index contributed by atoms with van der Waals surface area (Å²) in [5.41, 5.74) is 2.71. The van der Waals surface area contributed by atoms with E-state index < -0.39 is 0 Å². The van der Waals surface area contributed by atoms with Crippen LogP contribution in [-0.2, 0) is 4.79 Å². The van der Waals surface area contributed by atoms with Crippen molar-refractivity contribution in [1.29, 1.82) is 0 Å².